The quantitative estimate of drug-likeness (QED) is 0.639. The maximum Gasteiger partial charge on any atom is 0.262 e. The molecule has 0 fully saturated rings. The minimum atomic E-state index is -0.220. The van der Waals surface area contributed by atoms with Crippen LogP contribution in [0.5, 0.6) is 0 Å². The first-order valence-corrected chi connectivity index (χ1v) is 8.15. The zero-order valence-corrected chi connectivity index (χ0v) is 14.7. The Kier molecular flexibility index (Phi) is 6.51. The van der Waals surface area contributed by atoms with E-state index in [9.17, 15) is 9.59 Å². The van der Waals surface area contributed by atoms with Gasteiger partial charge in [0.2, 0.25) is 0 Å². The van der Waals surface area contributed by atoms with Gasteiger partial charge in [-0.2, -0.15) is 0 Å². The summed E-state index contributed by atoms with van der Waals surface area (Å²) < 4.78 is 0. The number of carbonyl (C=O) groups excluding carboxylic acids is 2. The van der Waals surface area contributed by atoms with Crippen molar-refractivity contribution in [1.82, 2.24) is 4.90 Å². The van der Waals surface area contributed by atoms with Crippen molar-refractivity contribution >= 4 is 35.4 Å². The zero-order valence-electron chi connectivity index (χ0n) is 13.9. The Labute approximate surface area is 153 Å². The fourth-order valence-corrected chi connectivity index (χ4v) is 2.94. The van der Waals surface area contributed by atoms with E-state index in [-0.39, 0.29) is 24.2 Å². The highest BCUT2D eigenvalue weighted by Gasteiger charge is 2.38. The summed E-state index contributed by atoms with van der Waals surface area (Å²) in [5.41, 5.74) is 8.04. The Morgan fingerprint density at radius 3 is 1.56 bits per heavy atom. The van der Waals surface area contributed by atoms with Crippen molar-refractivity contribution in [2.24, 2.45) is 5.73 Å². The number of hydrogen-bond donors (Lipinski definition) is 1. The standard InChI is InChI=1S/C20H20N2O2.ClH/c21-13-7-8-14-22-19(23)17(15-9-3-1-4-10-15)18(20(22)24)16-11-5-2-6-12-16;/h1-6,9-12H,7-8,13-14,21H2;1H. The Balaban J connectivity index is 0.00000225. The van der Waals surface area contributed by atoms with Gasteiger partial charge in [0.15, 0.2) is 0 Å². The molecule has 1 heterocycles. The Morgan fingerprint density at radius 2 is 1.16 bits per heavy atom. The molecule has 0 atom stereocenters. The third-order valence-corrected chi connectivity index (χ3v) is 4.13. The van der Waals surface area contributed by atoms with Crippen LogP contribution in [0.2, 0.25) is 0 Å². The van der Waals surface area contributed by atoms with Gasteiger partial charge in [0.05, 0.1) is 11.1 Å². The molecule has 0 aliphatic carbocycles. The molecule has 0 saturated heterocycles. The van der Waals surface area contributed by atoms with Gasteiger partial charge in [-0.3, -0.25) is 14.5 Å². The van der Waals surface area contributed by atoms with Gasteiger partial charge in [0, 0.05) is 6.54 Å². The van der Waals surface area contributed by atoms with Crippen LogP contribution < -0.4 is 5.73 Å². The van der Waals surface area contributed by atoms with Crippen molar-refractivity contribution in [3.8, 4) is 0 Å². The van der Waals surface area contributed by atoms with Gasteiger partial charge in [-0.05, 0) is 30.5 Å². The van der Waals surface area contributed by atoms with E-state index in [0.29, 0.717) is 24.2 Å². The third-order valence-electron chi connectivity index (χ3n) is 4.13. The lowest BCUT2D eigenvalue weighted by atomic mass is 9.96. The molecule has 5 heteroatoms. The number of carbonyl (C=O) groups is 2. The fourth-order valence-electron chi connectivity index (χ4n) is 2.94. The highest BCUT2D eigenvalue weighted by molar-refractivity contribution is 6.48. The summed E-state index contributed by atoms with van der Waals surface area (Å²) in [5.74, 6) is -0.441. The molecule has 2 aromatic rings. The third kappa shape index (κ3) is 3.81. The average Bonchev–Trinajstić information content (AvgIpc) is 2.88. The van der Waals surface area contributed by atoms with Crippen molar-refractivity contribution in [2.45, 2.75) is 12.8 Å². The maximum atomic E-state index is 12.9. The molecule has 0 radical (unpaired) electrons. The molecule has 2 N–H and O–H groups in total. The number of imide groups is 1. The van der Waals surface area contributed by atoms with Crippen LogP contribution in [-0.4, -0.2) is 29.8 Å². The Hall–Kier alpha value is -2.43. The predicted molar refractivity (Wildman–Crippen MR) is 102 cm³/mol. The molecule has 2 aromatic carbocycles. The number of rotatable bonds is 6. The van der Waals surface area contributed by atoms with Crippen LogP contribution in [0.3, 0.4) is 0 Å². The number of nitrogens with two attached hydrogens (primary N) is 1. The molecule has 3 rings (SSSR count). The summed E-state index contributed by atoms with van der Waals surface area (Å²) in [4.78, 5) is 27.2. The van der Waals surface area contributed by atoms with Gasteiger partial charge in [-0.1, -0.05) is 60.7 Å². The molecular weight excluding hydrogens is 336 g/mol. The fraction of sp³-hybridized carbons (Fsp3) is 0.200. The summed E-state index contributed by atoms with van der Waals surface area (Å²) in [6.07, 6.45) is 1.51. The van der Waals surface area contributed by atoms with Gasteiger partial charge < -0.3 is 5.73 Å². The SMILES string of the molecule is Cl.NCCCCN1C(=O)C(c2ccccc2)=C(c2ccccc2)C1=O. The second kappa shape index (κ2) is 8.60. The molecule has 0 bridgehead atoms. The summed E-state index contributed by atoms with van der Waals surface area (Å²) in [7, 11) is 0. The van der Waals surface area contributed by atoms with E-state index in [1.54, 1.807) is 0 Å². The summed E-state index contributed by atoms with van der Waals surface area (Å²) in [6.45, 7) is 0.961. The minimum absolute atomic E-state index is 0. The van der Waals surface area contributed by atoms with E-state index >= 15 is 0 Å². The lowest BCUT2D eigenvalue weighted by Gasteiger charge is -2.14. The van der Waals surface area contributed by atoms with Gasteiger partial charge in [-0.15, -0.1) is 12.4 Å². The molecule has 130 valence electrons. The lowest BCUT2D eigenvalue weighted by Crippen LogP contribution is -2.32. The monoisotopic (exact) mass is 356 g/mol. The molecule has 1 aliphatic rings. The van der Waals surface area contributed by atoms with E-state index in [1.807, 2.05) is 60.7 Å². The molecule has 0 saturated carbocycles. The molecule has 4 nitrogen and oxygen atoms in total. The van der Waals surface area contributed by atoms with Crippen LogP contribution in [0.1, 0.15) is 24.0 Å². The van der Waals surface area contributed by atoms with Crippen LogP contribution in [0.4, 0.5) is 0 Å². The molecular formula is C20H21ClN2O2. The molecule has 0 aromatic heterocycles. The van der Waals surface area contributed by atoms with Crippen LogP contribution in [-0.2, 0) is 9.59 Å². The normalized spacial score (nSPS) is 14.0. The smallest absolute Gasteiger partial charge is 0.262 e. The van der Waals surface area contributed by atoms with Gasteiger partial charge in [0.1, 0.15) is 0 Å². The molecule has 1 aliphatic heterocycles. The van der Waals surface area contributed by atoms with E-state index in [0.717, 1.165) is 24.0 Å². The van der Waals surface area contributed by atoms with Crippen LogP contribution in [0, 0.1) is 0 Å². The van der Waals surface area contributed by atoms with Gasteiger partial charge >= 0.3 is 0 Å². The van der Waals surface area contributed by atoms with Crippen molar-refractivity contribution < 1.29 is 9.59 Å². The number of nitrogens with zero attached hydrogens (tertiary/aromatic N) is 1. The number of amides is 2. The molecule has 25 heavy (non-hydrogen) atoms. The topological polar surface area (TPSA) is 63.4 Å². The number of halogens is 1. The van der Waals surface area contributed by atoms with E-state index in [2.05, 4.69) is 0 Å². The first kappa shape index (κ1) is 18.9. The van der Waals surface area contributed by atoms with Crippen molar-refractivity contribution in [1.29, 1.82) is 0 Å². The van der Waals surface area contributed by atoms with Crippen LogP contribution >= 0.6 is 12.4 Å². The molecule has 2 amide bonds. The first-order chi connectivity index (χ1) is 11.7. The van der Waals surface area contributed by atoms with E-state index < -0.39 is 0 Å². The maximum absolute atomic E-state index is 12.9. The van der Waals surface area contributed by atoms with E-state index in [1.165, 1.54) is 4.90 Å². The van der Waals surface area contributed by atoms with Crippen molar-refractivity contribution in [3.05, 3.63) is 71.8 Å². The van der Waals surface area contributed by atoms with Crippen LogP contribution in [0.25, 0.3) is 11.1 Å². The highest BCUT2D eigenvalue weighted by atomic mass is 35.5. The van der Waals surface area contributed by atoms with Crippen molar-refractivity contribution in [3.63, 3.8) is 0 Å². The summed E-state index contributed by atoms with van der Waals surface area (Å²) in [5, 5.41) is 0. The van der Waals surface area contributed by atoms with Crippen LogP contribution in [0.15, 0.2) is 60.7 Å². The lowest BCUT2D eigenvalue weighted by molar-refractivity contribution is -0.136. The van der Waals surface area contributed by atoms with Gasteiger partial charge in [-0.25, -0.2) is 0 Å². The first-order valence-electron chi connectivity index (χ1n) is 8.15. The zero-order chi connectivity index (χ0) is 16.9. The van der Waals surface area contributed by atoms with Gasteiger partial charge in [0.25, 0.3) is 11.8 Å². The Bertz CT molecular complexity index is 711. The highest BCUT2D eigenvalue weighted by Crippen LogP contribution is 2.35. The predicted octanol–water partition coefficient (Wildman–Crippen LogP) is 3.13. The number of hydrogen-bond acceptors (Lipinski definition) is 3. The number of benzene rings is 2. The largest absolute Gasteiger partial charge is 0.330 e. The second-order valence-electron chi connectivity index (χ2n) is 5.74. The average molecular weight is 357 g/mol. The van der Waals surface area contributed by atoms with E-state index in [4.69, 9.17) is 5.73 Å². The second-order valence-corrected chi connectivity index (χ2v) is 5.74. The summed E-state index contributed by atoms with van der Waals surface area (Å²) in [6, 6.07) is 18.8. The Morgan fingerprint density at radius 1 is 0.720 bits per heavy atom. The van der Waals surface area contributed by atoms with Crippen molar-refractivity contribution in [2.75, 3.05) is 13.1 Å². The molecule has 0 unspecified atom stereocenters. The molecule has 0 spiro atoms. The number of unbranched alkanes of at least 4 members (excludes halogenated alkanes) is 1. The summed E-state index contributed by atoms with van der Waals surface area (Å²) >= 11 is 0. The minimum Gasteiger partial charge on any atom is -0.330 e.